The maximum absolute atomic E-state index is 7.89. The third kappa shape index (κ3) is 2.71. The Morgan fingerprint density at radius 2 is 2.36 bits per heavy atom. The summed E-state index contributed by atoms with van der Waals surface area (Å²) in [6.45, 7) is 3.60. The topological polar surface area (TPSA) is 77.2 Å². The molecule has 5 heteroatoms. The van der Waals surface area contributed by atoms with E-state index in [1.165, 1.54) is 0 Å². The van der Waals surface area contributed by atoms with Crippen LogP contribution in [0.2, 0.25) is 0 Å². The average Bonchev–Trinajstić information content (AvgIpc) is 2.60. The number of hydrogen-bond donors (Lipinski definition) is 4. The fourth-order valence-electron chi connectivity index (χ4n) is 1.49. The van der Waals surface area contributed by atoms with Gasteiger partial charge in [-0.1, -0.05) is 0 Å². The maximum atomic E-state index is 7.89. The van der Waals surface area contributed by atoms with Crippen molar-refractivity contribution in [2.75, 3.05) is 20.1 Å². The fraction of sp³-hybridized carbons (Fsp3) is 0.667. The molecule has 0 aliphatic carbocycles. The Labute approximate surface area is 84.8 Å². The van der Waals surface area contributed by atoms with Crippen molar-refractivity contribution >= 4 is 5.84 Å². The molecule has 1 rings (SSSR count). The monoisotopic (exact) mass is 197 g/mol. The molecule has 1 fully saturated rings. The lowest BCUT2D eigenvalue weighted by atomic mass is 10.3. The molecule has 5 N–H and O–H groups in total. The Kier molecular flexibility index (Phi) is 3.91. The molecular formula is C9H19N5. The van der Waals surface area contributed by atoms with Gasteiger partial charge in [-0.05, 0) is 13.3 Å². The van der Waals surface area contributed by atoms with E-state index in [1.807, 2.05) is 11.8 Å². The van der Waals surface area contributed by atoms with Crippen LogP contribution in [0.5, 0.6) is 0 Å². The lowest BCUT2D eigenvalue weighted by Gasteiger charge is -2.19. The van der Waals surface area contributed by atoms with Crippen LogP contribution in [0.4, 0.5) is 0 Å². The molecule has 0 saturated carbocycles. The summed E-state index contributed by atoms with van der Waals surface area (Å²) in [5.41, 5.74) is 12.3. The van der Waals surface area contributed by atoms with Crippen LogP contribution >= 0.6 is 0 Å². The molecule has 0 radical (unpaired) electrons. The predicted octanol–water partition coefficient (Wildman–Crippen LogP) is -0.376. The fourth-order valence-corrected chi connectivity index (χ4v) is 1.49. The Morgan fingerprint density at radius 1 is 1.64 bits per heavy atom. The first-order chi connectivity index (χ1) is 6.65. The number of amidine groups is 1. The lowest BCUT2D eigenvalue weighted by Crippen LogP contribution is -2.33. The molecule has 1 heterocycles. The third-order valence-electron chi connectivity index (χ3n) is 2.35. The molecule has 0 unspecified atom stereocenters. The number of rotatable bonds is 3. The maximum Gasteiger partial charge on any atom is 0.125 e. The zero-order chi connectivity index (χ0) is 10.6. The molecule has 14 heavy (non-hydrogen) atoms. The van der Waals surface area contributed by atoms with E-state index in [9.17, 15) is 0 Å². The molecule has 0 aromatic heterocycles. The van der Waals surface area contributed by atoms with E-state index in [2.05, 4.69) is 10.9 Å². The number of nitrogens with two attached hydrogens (primary N) is 1. The molecule has 0 amide bonds. The van der Waals surface area contributed by atoms with Gasteiger partial charge in [-0.15, -0.1) is 0 Å². The molecule has 0 aromatic carbocycles. The largest absolute Gasteiger partial charge is 0.355 e. The smallest absolute Gasteiger partial charge is 0.125 e. The normalized spacial score (nSPS) is 22.6. The molecule has 5 nitrogen and oxygen atoms in total. The van der Waals surface area contributed by atoms with Crippen molar-refractivity contribution in [1.82, 2.24) is 15.8 Å². The van der Waals surface area contributed by atoms with Crippen LogP contribution < -0.4 is 16.6 Å². The Hall–Kier alpha value is -1.07. The standard InChI is InChI=1S/C9H19N5/c1-7(5-13-12-2)9(11)14-4-3-8(10)6-14/h5,8,11-13H,3-4,6,10H2,1-2H3/b7-5-,11-9?/t8-/m0/s1. The molecule has 0 spiro atoms. The second kappa shape index (κ2) is 4.97. The van der Waals surface area contributed by atoms with Gasteiger partial charge in [0.1, 0.15) is 5.84 Å². The Bertz CT molecular complexity index is 235. The first-order valence-corrected chi connectivity index (χ1v) is 4.83. The molecule has 0 bridgehead atoms. The predicted molar refractivity (Wildman–Crippen MR) is 57.8 cm³/mol. The van der Waals surface area contributed by atoms with Crippen molar-refractivity contribution in [3.63, 3.8) is 0 Å². The summed E-state index contributed by atoms with van der Waals surface area (Å²) in [5.74, 6) is 0.556. The van der Waals surface area contributed by atoms with Gasteiger partial charge < -0.3 is 16.1 Å². The molecule has 0 aromatic rings. The van der Waals surface area contributed by atoms with Gasteiger partial charge in [0, 0.05) is 38.0 Å². The highest BCUT2D eigenvalue weighted by atomic mass is 15.3. The molecule has 1 saturated heterocycles. The first-order valence-electron chi connectivity index (χ1n) is 4.83. The van der Waals surface area contributed by atoms with Gasteiger partial charge in [0.05, 0.1) is 0 Å². The summed E-state index contributed by atoms with van der Waals surface area (Å²) >= 11 is 0. The van der Waals surface area contributed by atoms with Crippen molar-refractivity contribution in [3.05, 3.63) is 11.8 Å². The van der Waals surface area contributed by atoms with Crippen LogP contribution in [-0.2, 0) is 0 Å². The summed E-state index contributed by atoms with van der Waals surface area (Å²) in [4.78, 5) is 2.01. The van der Waals surface area contributed by atoms with Gasteiger partial charge in [-0.25, -0.2) is 5.43 Å². The summed E-state index contributed by atoms with van der Waals surface area (Å²) in [6, 6.07) is 0.223. The number of hydrogen-bond acceptors (Lipinski definition) is 4. The van der Waals surface area contributed by atoms with Crippen LogP contribution in [0, 0.1) is 5.41 Å². The summed E-state index contributed by atoms with van der Waals surface area (Å²) < 4.78 is 0. The van der Waals surface area contributed by atoms with E-state index >= 15 is 0 Å². The minimum atomic E-state index is 0.223. The van der Waals surface area contributed by atoms with Crippen LogP contribution in [0.3, 0.4) is 0 Å². The van der Waals surface area contributed by atoms with Gasteiger partial charge in [-0.2, -0.15) is 0 Å². The van der Waals surface area contributed by atoms with Gasteiger partial charge >= 0.3 is 0 Å². The second-order valence-corrected chi connectivity index (χ2v) is 3.57. The molecular weight excluding hydrogens is 178 g/mol. The first kappa shape index (κ1) is 11.0. The Morgan fingerprint density at radius 3 is 2.86 bits per heavy atom. The quantitative estimate of drug-likeness (QED) is 0.283. The van der Waals surface area contributed by atoms with E-state index in [0.717, 1.165) is 25.1 Å². The van der Waals surface area contributed by atoms with Crippen molar-refractivity contribution < 1.29 is 0 Å². The third-order valence-corrected chi connectivity index (χ3v) is 2.35. The summed E-state index contributed by atoms with van der Waals surface area (Å²) in [5, 5.41) is 7.89. The molecule has 80 valence electrons. The molecule has 1 aliphatic heterocycles. The minimum absolute atomic E-state index is 0.223. The van der Waals surface area contributed by atoms with Gasteiger partial charge in [-0.3, -0.25) is 5.41 Å². The molecule has 1 atom stereocenters. The summed E-state index contributed by atoms with van der Waals surface area (Å²) in [7, 11) is 1.79. The SMILES string of the molecule is CNN/C=C(/C)C(=N)N1CC[C@H](N)C1. The number of nitrogens with zero attached hydrogens (tertiary/aromatic N) is 1. The number of nitrogens with one attached hydrogen (secondary N) is 3. The number of likely N-dealkylation sites (tertiary alicyclic amines) is 1. The van der Waals surface area contributed by atoms with E-state index < -0.39 is 0 Å². The van der Waals surface area contributed by atoms with E-state index in [-0.39, 0.29) is 6.04 Å². The van der Waals surface area contributed by atoms with E-state index in [0.29, 0.717) is 5.84 Å². The summed E-state index contributed by atoms with van der Waals surface area (Å²) in [6.07, 6.45) is 2.77. The van der Waals surface area contributed by atoms with Crippen LogP contribution in [0.25, 0.3) is 0 Å². The van der Waals surface area contributed by atoms with Gasteiger partial charge in [0.15, 0.2) is 0 Å². The lowest BCUT2D eigenvalue weighted by molar-refractivity contribution is 0.505. The van der Waals surface area contributed by atoms with Gasteiger partial charge in [0.2, 0.25) is 0 Å². The zero-order valence-corrected chi connectivity index (χ0v) is 8.80. The second-order valence-electron chi connectivity index (χ2n) is 3.57. The average molecular weight is 197 g/mol. The van der Waals surface area contributed by atoms with Crippen molar-refractivity contribution in [3.8, 4) is 0 Å². The van der Waals surface area contributed by atoms with E-state index in [1.54, 1.807) is 13.2 Å². The van der Waals surface area contributed by atoms with Crippen molar-refractivity contribution in [2.45, 2.75) is 19.4 Å². The van der Waals surface area contributed by atoms with Gasteiger partial charge in [0.25, 0.3) is 0 Å². The highest BCUT2D eigenvalue weighted by molar-refractivity contribution is 5.95. The Balaban J connectivity index is 2.48. The molecule has 1 aliphatic rings. The van der Waals surface area contributed by atoms with Crippen LogP contribution in [0.15, 0.2) is 11.8 Å². The van der Waals surface area contributed by atoms with E-state index in [4.69, 9.17) is 11.1 Å². The van der Waals surface area contributed by atoms with Crippen molar-refractivity contribution in [1.29, 1.82) is 5.41 Å². The highest BCUT2D eigenvalue weighted by Gasteiger charge is 2.21. The number of hydrazine groups is 1. The van der Waals surface area contributed by atoms with Crippen LogP contribution in [-0.4, -0.2) is 36.9 Å². The minimum Gasteiger partial charge on any atom is -0.355 e. The highest BCUT2D eigenvalue weighted by Crippen LogP contribution is 2.10. The van der Waals surface area contributed by atoms with Crippen molar-refractivity contribution in [2.24, 2.45) is 5.73 Å². The zero-order valence-electron chi connectivity index (χ0n) is 8.80. The van der Waals surface area contributed by atoms with Crippen LogP contribution in [0.1, 0.15) is 13.3 Å².